The summed E-state index contributed by atoms with van der Waals surface area (Å²) in [5.74, 6) is 1.08. The molecule has 0 atom stereocenters. The number of aromatic nitrogens is 3. The summed E-state index contributed by atoms with van der Waals surface area (Å²) in [6, 6.07) is 15.5. The molecule has 2 aromatic heterocycles. The molecule has 1 aliphatic rings. The number of benzene rings is 1. The predicted octanol–water partition coefficient (Wildman–Crippen LogP) is 4.59. The Labute approximate surface area is 203 Å². The number of anilines is 2. The lowest BCUT2D eigenvalue weighted by molar-refractivity contribution is -0.112. The standard InChI is InChI=1S/C25H28N6O2S/c1-19-10-14-31(15-11-19)25-29-28-24(34-25)27-23(32)20(18-26)17-21-7-5-12-30(21)13-6-16-33-22-8-3-2-4-9-22/h2-5,7-9,12,17,19H,6,10-11,13-16H2,1H3,(H,27,28,32)/b20-17-. The second-order valence-electron chi connectivity index (χ2n) is 8.32. The Hall–Kier alpha value is -3.64. The van der Waals surface area contributed by atoms with E-state index >= 15 is 0 Å². The first kappa shape index (κ1) is 23.5. The molecule has 0 aliphatic carbocycles. The zero-order chi connectivity index (χ0) is 23.8. The first-order valence-corrected chi connectivity index (χ1v) is 12.3. The number of aryl methyl sites for hydroxylation is 1. The third-order valence-electron chi connectivity index (χ3n) is 5.77. The summed E-state index contributed by atoms with van der Waals surface area (Å²) in [7, 11) is 0. The van der Waals surface area contributed by atoms with E-state index in [1.54, 1.807) is 6.08 Å². The Morgan fingerprint density at radius 1 is 1.24 bits per heavy atom. The zero-order valence-corrected chi connectivity index (χ0v) is 20.0. The van der Waals surface area contributed by atoms with Gasteiger partial charge in [-0.2, -0.15) is 5.26 Å². The molecule has 8 nitrogen and oxygen atoms in total. The molecular formula is C25H28N6O2S. The summed E-state index contributed by atoms with van der Waals surface area (Å²) in [5, 5.41) is 21.8. The van der Waals surface area contributed by atoms with Crippen molar-refractivity contribution in [2.75, 3.05) is 29.9 Å². The highest BCUT2D eigenvalue weighted by molar-refractivity contribution is 7.19. The first-order valence-electron chi connectivity index (χ1n) is 11.5. The van der Waals surface area contributed by atoms with Gasteiger partial charge in [0, 0.05) is 31.5 Å². The van der Waals surface area contributed by atoms with Crippen molar-refractivity contribution in [2.45, 2.75) is 32.7 Å². The summed E-state index contributed by atoms with van der Waals surface area (Å²) >= 11 is 1.34. The molecule has 1 amide bonds. The van der Waals surface area contributed by atoms with Gasteiger partial charge in [0.25, 0.3) is 5.91 Å². The van der Waals surface area contributed by atoms with Crippen molar-refractivity contribution >= 4 is 33.6 Å². The quantitative estimate of drug-likeness (QED) is 0.276. The smallest absolute Gasteiger partial charge is 0.268 e. The molecule has 4 rings (SSSR count). The number of ether oxygens (including phenoxy) is 1. The molecular weight excluding hydrogens is 448 g/mol. The molecule has 1 aliphatic heterocycles. The maximum Gasteiger partial charge on any atom is 0.268 e. The van der Waals surface area contributed by atoms with Crippen molar-refractivity contribution < 1.29 is 9.53 Å². The minimum atomic E-state index is -0.488. The second-order valence-corrected chi connectivity index (χ2v) is 9.28. The van der Waals surface area contributed by atoms with E-state index in [2.05, 4.69) is 27.3 Å². The van der Waals surface area contributed by atoms with Gasteiger partial charge in [0.15, 0.2) is 0 Å². The highest BCUT2D eigenvalue weighted by Gasteiger charge is 2.20. The molecule has 0 radical (unpaired) electrons. The number of rotatable bonds is 9. The van der Waals surface area contributed by atoms with Crippen LogP contribution in [0.15, 0.2) is 54.2 Å². The van der Waals surface area contributed by atoms with Crippen LogP contribution in [0.5, 0.6) is 5.75 Å². The monoisotopic (exact) mass is 476 g/mol. The summed E-state index contributed by atoms with van der Waals surface area (Å²) in [4.78, 5) is 14.9. The van der Waals surface area contributed by atoms with Crippen molar-refractivity contribution in [3.05, 3.63) is 59.9 Å². The van der Waals surface area contributed by atoms with Crippen LogP contribution < -0.4 is 15.0 Å². The van der Waals surface area contributed by atoms with Crippen molar-refractivity contribution in [2.24, 2.45) is 5.92 Å². The van der Waals surface area contributed by atoms with Gasteiger partial charge in [0.2, 0.25) is 10.3 Å². The molecule has 3 aromatic rings. The van der Waals surface area contributed by atoms with E-state index in [-0.39, 0.29) is 5.57 Å². The fourth-order valence-corrected chi connectivity index (χ4v) is 4.55. The molecule has 1 saturated heterocycles. The van der Waals surface area contributed by atoms with E-state index in [9.17, 15) is 10.1 Å². The number of nitrogens with one attached hydrogen (secondary N) is 1. The number of nitriles is 1. The Bertz CT molecular complexity index is 1160. The molecule has 1 N–H and O–H groups in total. The van der Waals surface area contributed by atoms with Gasteiger partial charge in [-0.25, -0.2) is 0 Å². The van der Waals surface area contributed by atoms with E-state index in [1.165, 1.54) is 11.3 Å². The number of carbonyl (C=O) groups is 1. The Morgan fingerprint density at radius 3 is 2.79 bits per heavy atom. The minimum Gasteiger partial charge on any atom is -0.494 e. The first-order chi connectivity index (χ1) is 16.6. The number of nitrogens with zero attached hydrogens (tertiary/aromatic N) is 5. The highest BCUT2D eigenvalue weighted by Crippen LogP contribution is 2.28. The number of carbonyl (C=O) groups excluding carboxylic acids is 1. The van der Waals surface area contributed by atoms with E-state index < -0.39 is 5.91 Å². The molecule has 1 aromatic carbocycles. The normalized spacial score (nSPS) is 14.6. The minimum absolute atomic E-state index is 0.0176. The van der Waals surface area contributed by atoms with Crippen LogP contribution in [0.1, 0.15) is 31.9 Å². The van der Waals surface area contributed by atoms with Crippen LogP contribution in [0.4, 0.5) is 10.3 Å². The number of hydrogen-bond donors (Lipinski definition) is 1. The molecule has 3 heterocycles. The molecule has 0 unspecified atom stereocenters. The Morgan fingerprint density at radius 2 is 2.03 bits per heavy atom. The van der Waals surface area contributed by atoms with E-state index in [1.807, 2.05) is 59.3 Å². The average molecular weight is 477 g/mol. The van der Waals surface area contributed by atoms with Gasteiger partial charge >= 0.3 is 0 Å². The lowest BCUT2D eigenvalue weighted by Gasteiger charge is -2.29. The van der Waals surface area contributed by atoms with Crippen molar-refractivity contribution in [1.82, 2.24) is 14.8 Å². The molecule has 176 valence electrons. The number of hydrogen-bond acceptors (Lipinski definition) is 7. The van der Waals surface area contributed by atoms with Gasteiger partial charge < -0.3 is 14.2 Å². The van der Waals surface area contributed by atoms with Crippen LogP contribution in [-0.2, 0) is 11.3 Å². The molecule has 1 fully saturated rings. The van der Waals surface area contributed by atoms with Crippen LogP contribution in [0.2, 0.25) is 0 Å². The largest absolute Gasteiger partial charge is 0.494 e. The fourth-order valence-electron chi connectivity index (χ4n) is 3.76. The fraction of sp³-hybridized carbons (Fsp3) is 0.360. The average Bonchev–Trinajstić information content (AvgIpc) is 3.51. The Kier molecular flexibility index (Phi) is 7.94. The summed E-state index contributed by atoms with van der Waals surface area (Å²) in [6.45, 7) is 5.43. The van der Waals surface area contributed by atoms with Gasteiger partial charge in [-0.3, -0.25) is 10.1 Å². The topological polar surface area (TPSA) is 96.1 Å². The van der Waals surface area contributed by atoms with Crippen molar-refractivity contribution in [1.29, 1.82) is 5.26 Å². The summed E-state index contributed by atoms with van der Waals surface area (Å²) < 4.78 is 7.74. The second kappa shape index (κ2) is 11.5. The van der Waals surface area contributed by atoms with E-state index in [0.717, 1.165) is 54.8 Å². The highest BCUT2D eigenvalue weighted by atomic mass is 32.1. The number of piperidine rings is 1. The van der Waals surface area contributed by atoms with Crippen molar-refractivity contribution in [3.8, 4) is 11.8 Å². The molecule has 0 spiro atoms. The number of para-hydroxylation sites is 1. The van der Waals surface area contributed by atoms with Crippen LogP contribution in [-0.4, -0.2) is 40.4 Å². The van der Waals surface area contributed by atoms with Crippen LogP contribution in [0, 0.1) is 17.2 Å². The lowest BCUT2D eigenvalue weighted by Crippen LogP contribution is -2.32. The lowest BCUT2D eigenvalue weighted by atomic mass is 10.00. The van der Waals surface area contributed by atoms with Gasteiger partial charge in [-0.15, -0.1) is 10.2 Å². The molecule has 0 bridgehead atoms. The van der Waals surface area contributed by atoms with Crippen LogP contribution >= 0.6 is 11.3 Å². The Balaban J connectivity index is 1.33. The number of amides is 1. The molecule has 34 heavy (non-hydrogen) atoms. The van der Waals surface area contributed by atoms with Gasteiger partial charge in [0.1, 0.15) is 17.4 Å². The maximum absolute atomic E-state index is 12.7. The van der Waals surface area contributed by atoms with Crippen LogP contribution in [0.3, 0.4) is 0 Å². The van der Waals surface area contributed by atoms with Gasteiger partial charge in [0.05, 0.1) is 6.61 Å². The molecule has 9 heteroatoms. The predicted molar refractivity (Wildman–Crippen MR) is 134 cm³/mol. The van der Waals surface area contributed by atoms with Crippen molar-refractivity contribution in [3.63, 3.8) is 0 Å². The molecule has 0 saturated carbocycles. The van der Waals surface area contributed by atoms with Gasteiger partial charge in [-0.1, -0.05) is 36.5 Å². The third kappa shape index (κ3) is 6.23. The van der Waals surface area contributed by atoms with Gasteiger partial charge in [-0.05, 0) is 55.5 Å². The summed E-state index contributed by atoms with van der Waals surface area (Å²) in [5.41, 5.74) is 0.802. The van der Waals surface area contributed by atoms with E-state index in [0.29, 0.717) is 18.3 Å². The summed E-state index contributed by atoms with van der Waals surface area (Å²) in [6.07, 6.45) is 6.57. The SMILES string of the molecule is CC1CCN(c2nnc(NC(=O)/C(C#N)=C\c3cccn3CCCOc3ccccc3)s2)CC1. The zero-order valence-electron chi connectivity index (χ0n) is 19.2. The van der Waals surface area contributed by atoms with Crippen LogP contribution in [0.25, 0.3) is 6.08 Å². The third-order valence-corrected chi connectivity index (χ3v) is 6.67. The maximum atomic E-state index is 12.7. The van der Waals surface area contributed by atoms with E-state index in [4.69, 9.17) is 4.74 Å².